The van der Waals surface area contributed by atoms with Crippen LogP contribution < -0.4 is 5.32 Å². The van der Waals surface area contributed by atoms with Gasteiger partial charge in [-0.05, 0) is 75.2 Å². The van der Waals surface area contributed by atoms with Crippen LogP contribution in [0.25, 0.3) is 0 Å². The van der Waals surface area contributed by atoms with Crippen LogP contribution in [0.3, 0.4) is 0 Å². The zero-order chi connectivity index (χ0) is 35.9. The topological polar surface area (TPSA) is 69.6 Å². The molecule has 1 amide bonds. The van der Waals surface area contributed by atoms with Crippen molar-refractivity contribution in [3.8, 4) is 12.3 Å². The fourth-order valence-electron chi connectivity index (χ4n) is 5.22. The highest BCUT2D eigenvalue weighted by molar-refractivity contribution is 5.63. The third kappa shape index (κ3) is 20.8. The number of carboxylic acids is 1. The summed E-state index contributed by atoms with van der Waals surface area (Å²) in [6.07, 6.45) is 40.6. The molecule has 47 heavy (non-hydrogen) atoms. The number of allylic oxidation sites excluding steroid dienone is 14. The molecule has 1 saturated heterocycles. The third-order valence-electron chi connectivity index (χ3n) is 7.49. The van der Waals surface area contributed by atoms with Crippen molar-refractivity contribution in [3.63, 3.8) is 0 Å². The van der Waals surface area contributed by atoms with Gasteiger partial charge in [-0.1, -0.05) is 120 Å². The molecule has 1 saturated carbocycles. The summed E-state index contributed by atoms with van der Waals surface area (Å²) in [6, 6.07) is 0. The van der Waals surface area contributed by atoms with Gasteiger partial charge in [-0.25, -0.2) is 4.39 Å². The molecular weight excluding hydrogens is 587 g/mol. The maximum absolute atomic E-state index is 12.8. The van der Waals surface area contributed by atoms with Gasteiger partial charge in [0.15, 0.2) is 0 Å². The third-order valence-corrected chi connectivity index (χ3v) is 7.49. The fraction of sp³-hybridized carbons (Fsp3) is 0.512. The van der Waals surface area contributed by atoms with Crippen molar-refractivity contribution >= 4 is 12.4 Å². The Balaban J connectivity index is 0. The number of carbonyl (C=O) groups excluding carboxylic acids is 1. The van der Waals surface area contributed by atoms with E-state index in [1.807, 2.05) is 65.0 Å². The predicted molar refractivity (Wildman–Crippen MR) is 200 cm³/mol. The van der Waals surface area contributed by atoms with Crippen molar-refractivity contribution in [2.24, 2.45) is 11.8 Å². The van der Waals surface area contributed by atoms with E-state index in [-0.39, 0.29) is 11.7 Å². The number of likely N-dealkylation sites (N-methyl/N-ethyl adjacent to an activating group) is 1. The van der Waals surface area contributed by atoms with Crippen LogP contribution in [0.4, 0.5) is 4.39 Å². The molecule has 1 aliphatic heterocycles. The van der Waals surface area contributed by atoms with Crippen molar-refractivity contribution in [2.75, 3.05) is 13.6 Å². The number of terminal acetylenes is 1. The van der Waals surface area contributed by atoms with E-state index < -0.39 is 5.97 Å². The number of rotatable bonds is 7. The molecule has 3 rings (SSSR count). The van der Waals surface area contributed by atoms with Gasteiger partial charge in [0.25, 0.3) is 5.97 Å². The van der Waals surface area contributed by atoms with Gasteiger partial charge < -0.3 is 15.3 Å². The molecule has 0 aromatic rings. The normalized spacial score (nSPS) is 19.3. The lowest BCUT2D eigenvalue weighted by molar-refractivity contribution is -0.134. The second-order valence-corrected chi connectivity index (χ2v) is 10.6. The van der Waals surface area contributed by atoms with Crippen molar-refractivity contribution in [2.45, 2.75) is 113 Å². The SMILES string of the molecule is C#CC(/C=C\C(=C/C)C1CCCCCCC1)/C=C/C=C1\C(=C/C)CCCN1C=O.CC.CC.CC(=O)O.CNC1=CCC=CC=C1F. The van der Waals surface area contributed by atoms with Crippen LogP contribution in [-0.2, 0) is 9.59 Å². The Bertz CT molecular complexity index is 1150. The Labute approximate surface area is 286 Å². The monoisotopic (exact) mass is 650 g/mol. The lowest BCUT2D eigenvalue weighted by atomic mass is 9.85. The van der Waals surface area contributed by atoms with Crippen molar-refractivity contribution < 1.29 is 19.1 Å². The number of nitrogens with zero attached hydrogens (tertiary/aromatic N) is 1. The summed E-state index contributed by atoms with van der Waals surface area (Å²) < 4.78 is 12.8. The molecule has 5 nitrogen and oxygen atoms in total. The van der Waals surface area contributed by atoms with E-state index in [0.29, 0.717) is 11.6 Å². The number of halogens is 1. The number of amides is 1. The first-order valence-electron chi connectivity index (χ1n) is 17.5. The summed E-state index contributed by atoms with van der Waals surface area (Å²) in [6.45, 7) is 14.0. The first kappa shape index (κ1) is 45.3. The molecule has 0 bridgehead atoms. The summed E-state index contributed by atoms with van der Waals surface area (Å²) in [4.78, 5) is 22.2. The summed E-state index contributed by atoms with van der Waals surface area (Å²) in [5, 5.41) is 10.2. The highest BCUT2D eigenvalue weighted by Crippen LogP contribution is 2.29. The molecule has 0 spiro atoms. The fourth-order valence-corrected chi connectivity index (χ4v) is 5.22. The maximum atomic E-state index is 12.8. The molecule has 0 aromatic carbocycles. The largest absolute Gasteiger partial charge is 0.481 e. The van der Waals surface area contributed by atoms with Crippen molar-refractivity contribution in [1.29, 1.82) is 0 Å². The van der Waals surface area contributed by atoms with Crippen molar-refractivity contribution in [1.82, 2.24) is 10.2 Å². The van der Waals surface area contributed by atoms with Crippen LogP contribution in [0, 0.1) is 24.2 Å². The van der Waals surface area contributed by atoms with Gasteiger partial charge in [-0.3, -0.25) is 9.59 Å². The number of nitrogens with one attached hydrogen (secondary N) is 1. The van der Waals surface area contributed by atoms with Gasteiger partial charge in [0.2, 0.25) is 6.41 Å². The number of carboxylic acid groups (broad SMARTS) is 1. The lowest BCUT2D eigenvalue weighted by Crippen LogP contribution is -2.27. The number of likely N-dealkylation sites (tertiary alicyclic amines) is 1. The van der Waals surface area contributed by atoms with Gasteiger partial charge in [-0.15, -0.1) is 6.42 Å². The number of hydrogen-bond acceptors (Lipinski definition) is 3. The van der Waals surface area contributed by atoms with Crippen LogP contribution in [0.15, 0.2) is 95.2 Å². The summed E-state index contributed by atoms with van der Waals surface area (Å²) >= 11 is 0. The number of hydrogen-bond donors (Lipinski definition) is 2. The van der Waals surface area contributed by atoms with Crippen LogP contribution >= 0.6 is 0 Å². The molecule has 2 aliphatic carbocycles. The second kappa shape index (κ2) is 30.8. The number of piperidine rings is 1. The highest BCUT2D eigenvalue weighted by Gasteiger charge is 2.17. The zero-order valence-electron chi connectivity index (χ0n) is 30.5. The number of carbonyl (C=O) groups is 2. The Morgan fingerprint density at radius 2 is 1.70 bits per heavy atom. The van der Waals surface area contributed by atoms with E-state index in [2.05, 4.69) is 42.5 Å². The molecule has 0 radical (unpaired) electrons. The molecular formula is C41H63FN2O3. The van der Waals surface area contributed by atoms with Crippen LogP contribution in [-0.4, -0.2) is 36.0 Å². The molecule has 2 fully saturated rings. The van der Waals surface area contributed by atoms with Gasteiger partial charge in [0.1, 0.15) is 5.83 Å². The zero-order valence-corrected chi connectivity index (χ0v) is 30.5. The minimum atomic E-state index is -0.833. The van der Waals surface area contributed by atoms with E-state index in [9.17, 15) is 9.18 Å². The molecule has 6 heteroatoms. The van der Waals surface area contributed by atoms with Crippen LogP contribution in [0.5, 0.6) is 0 Å². The van der Waals surface area contributed by atoms with Crippen LogP contribution in [0.1, 0.15) is 113 Å². The average Bonchev–Trinajstić information content (AvgIpc) is 3.29. The van der Waals surface area contributed by atoms with Crippen LogP contribution in [0.2, 0.25) is 0 Å². The van der Waals surface area contributed by atoms with Gasteiger partial charge in [0, 0.05) is 26.2 Å². The average molecular weight is 651 g/mol. The number of aliphatic carboxylic acids is 1. The Morgan fingerprint density at radius 1 is 1.09 bits per heavy atom. The van der Waals surface area contributed by atoms with E-state index in [1.54, 1.807) is 18.0 Å². The molecule has 2 N–H and O–H groups in total. The van der Waals surface area contributed by atoms with E-state index in [4.69, 9.17) is 16.3 Å². The van der Waals surface area contributed by atoms with E-state index >= 15 is 0 Å². The molecule has 262 valence electrons. The van der Waals surface area contributed by atoms with Gasteiger partial charge in [-0.2, -0.15) is 0 Å². The Kier molecular flexibility index (Phi) is 29.7. The minimum absolute atomic E-state index is 0.0438. The highest BCUT2D eigenvalue weighted by atomic mass is 19.1. The summed E-state index contributed by atoms with van der Waals surface area (Å²) in [5.41, 5.74) is 4.22. The van der Waals surface area contributed by atoms with E-state index in [1.165, 1.54) is 62.2 Å². The molecule has 0 aromatic heterocycles. The van der Waals surface area contributed by atoms with Gasteiger partial charge >= 0.3 is 0 Å². The summed E-state index contributed by atoms with van der Waals surface area (Å²) in [7, 11) is 1.71. The Hall–Kier alpha value is -3.85. The summed E-state index contributed by atoms with van der Waals surface area (Å²) in [5.74, 6) is 2.46. The quantitative estimate of drug-likeness (QED) is 0.163. The first-order valence-corrected chi connectivity index (χ1v) is 17.5. The van der Waals surface area contributed by atoms with Gasteiger partial charge in [0.05, 0.1) is 11.6 Å². The first-order chi connectivity index (χ1) is 22.8. The Morgan fingerprint density at radius 3 is 2.23 bits per heavy atom. The smallest absolute Gasteiger partial charge is 0.300 e. The molecule has 1 atom stereocenters. The molecule has 1 heterocycles. The lowest BCUT2D eigenvalue weighted by Gasteiger charge is -2.28. The minimum Gasteiger partial charge on any atom is -0.481 e. The molecule has 3 aliphatic rings. The maximum Gasteiger partial charge on any atom is 0.300 e. The van der Waals surface area contributed by atoms with Crippen molar-refractivity contribution in [3.05, 3.63) is 95.2 Å². The standard InChI is InChI=1S/C27H37NO.C8H10FN.C2H4O2.2C2H6/c1-4-23(14-12-18-27-25(6-3)17-13-21-28(27)22-29)19-20-24(5-2)26-15-10-8-7-9-11-16-26;1-10-8-6-4-2-3-5-7(8)9;1-2(3)4;2*1-2/h1,5-6,12,14,18-20,22-23,26H,7-11,13,15-17,21H2,2-3H3;2-3,5-6,10H,4H2,1H3;1H3,(H,3,4);2*1-2H3/b14-12+,20-19-,24-5+,25-6-,27-18+;;;;. The predicted octanol–water partition coefficient (Wildman–Crippen LogP) is 10.8. The molecule has 1 unspecified atom stereocenters. The van der Waals surface area contributed by atoms with E-state index in [0.717, 1.165) is 44.8 Å². The second-order valence-electron chi connectivity index (χ2n) is 10.6.